The van der Waals surface area contributed by atoms with Crippen LogP contribution in [-0.2, 0) is 0 Å². The molecule has 0 amide bonds. The molecule has 24 heavy (non-hydrogen) atoms. The minimum atomic E-state index is -0.444. The smallest absolute Gasteiger partial charge is 0.269 e. The Labute approximate surface area is 141 Å². The van der Waals surface area contributed by atoms with Gasteiger partial charge in [0.15, 0.2) is 0 Å². The molecule has 0 N–H and O–H groups in total. The monoisotopic (exact) mass is 334 g/mol. The highest BCUT2D eigenvalue weighted by Crippen LogP contribution is 2.29. The van der Waals surface area contributed by atoms with Gasteiger partial charge in [-0.15, -0.1) is 0 Å². The van der Waals surface area contributed by atoms with Crippen LogP contribution < -0.4 is 0 Å². The molecule has 0 aliphatic rings. The summed E-state index contributed by atoms with van der Waals surface area (Å²) in [4.78, 5) is 14.7. The Balaban J connectivity index is 1.98. The summed E-state index contributed by atoms with van der Waals surface area (Å²) in [6, 6.07) is 17.8. The van der Waals surface area contributed by atoms with E-state index >= 15 is 0 Å². The van der Waals surface area contributed by atoms with Gasteiger partial charge in [0.1, 0.15) is 10.2 Å². The number of rotatable bonds is 2. The van der Waals surface area contributed by atoms with Crippen molar-refractivity contribution >= 4 is 39.6 Å². The summed E-state index contributed by atoms with van der Waals surface area (Å²) in [6.45, 7) is 0. The van der Waals surface area contributed by atoms with Crippen LogP contribution in [0.3, 0.4) is 0 Å². The Morgan fingerprint density at radius 2 is 1.71 bits per heavy atom. The molecular weight excluding hydrogens is 324 g/mol. The van der Waals surface area contributed by atoms with Crippen LogP contribution in [0.25, 0.3) is 33.2 Å². The number of benzene rings is 3. The van der Waals surface area contributed by atoms with Crippen LogP contribution in [0, 0.1) is 14.8 Å². The molecule has 5 nitrogen and oxygen atoms in total. The van der Waals surface area contributed by atoms with E-state index in [0.29, 0.717) is 21.7 Å². The van der Waals surface area contributed by atoms with E-state index in [2.05, 4.69) is 4.98 Å². The molecule has 0 spiro atoms. The van der Waals surface area contributed by atoms with Crippen molar-refractivity contribution in [2.45, 2.75) is 0 Å². The maximum absolute atomic E-state index is 10.8. The van der Waals surface area contributed by atoms with Gasteiger partial charge in [-0.1, -0.05) is 42.5 Å². The SMILES string of the molecule is O=[N+]([O-])c1ccc(-c2nc(=S)c3ccc4ccccc4c3o2)cc1. The molecule has 0 saturated heterocycles. The van der Waals surface area contributed by atoms with E-state index in [1.165, 1.54) is 12.1 Å². The van der Waals surface area contributed by atoms with Gasteiger partial charge >= 0.3 is 0 Å². The Morgan fingerprint density at radius 1 is 0.958 bits per heavy atom. The molecule has 4 aromatic rings. The van der Waals surface area contributed by atoms with E-state index in [4.69, 9.17) is 16.6 Å². The zero-order valence-electron chi connectivity index (χ0n) is 12.3. The van der Waals surface area contributed by atoms with E-state index in [-0.39, 0.29) is 5.69 Å². The van der Waals surface area contributed by atoms with Gasteiger partial charge in [0.25, 0.3) is 5.69 Å². The lowest BCUT2D eigenvalue weighted by molar-refractivity contribution is -0.384. The summed E-state index contributed by atoms with van der Waals surface area (Å²) < 4.78 is 6.43. The lowest BCUT2D eigenvalue weighted by Gasteiger charge is -2.06. The molecule has 4 rings (SSSR count). The standard InChI is InChI=1S/C18H10N2O3S/c21-20(22)13-8-5-12(6-9-13)17-19-18(24)15-10-7-11-3-1-2-4-14(11)16(15)23-17/h1-10H. The van der Waals surface area contributed by atoms with Crippen LogP contribution >= 0.6 is 12.2 Å². The van der Waals surface area contributed by atoms with E-state index in [0.717, 1.165) is 16.2 Å². The van der Waals surface area contributed by atoms with Gasteiger partial charge in [0.2, 0.25) is 5.89 Å². The number of nitro benzene ring substituents is 1. The fourth-order valence-electron chi connectivity index (χ4n) is 2.64. The van der Waals surface area contributed by atoms with E-state index < -0.39 is 4.92 Å². The largest absolute Gasteiger partial charge is 0.437 e. The molecule has 0 fully saturated rings. The third kappa shape index (κ3) is 2.33. The maximum atomic E-state index is 10.8. The molecule has 0 unspecified atom stereocenters. The molecule has 6 heteroatoms. The van der Waals surface area contributed by atoms with Crippen molar-refractivity contribution in [1.82, 2.24) is 4.98 Å². The van der Waals surface area contributed by atoms with Crippen LogP contribution in [0.5, 0.6) is 0 Å². The zero-order chi connectivity index (χ0) is 16.7. The average Bonchev–Trinajstić information content (AvgIpc) is 2.61. The quantitative estimate of drug-likeness (QED) is 0.216. The van der Waals surface area contributed by atoms with Gasteiger partial charge in [-0.2, -0.15) is 0 Å². The second kappa shape index (κ2) is 5.50. The average molecular weight is 334 g/mol. The molecule has 1 aromatic heterocycles. The number of nitro groups is 1. The van der Waals surface area contributed by atoms with Gasteiger partial charge in [-0.05, 0) is 23.6 Å². The van der Waals surface area contributed by atoms with Crippen molar-refractivity contribution in [1.29, 1.82) is 0 Å². The third-order valence-corrected chi connectivity index (χ3v) is 4.15. The van der Waals surface area contributed by atoms with Crippen molar-refractivity contribution in [3.05, 3.63) is 75.4 Å². The zero-order valence-corrected chi connectivity index (χ0v) is 13.1. The molecule has 0 aliphatic carbocycles. The molecular formula is C18H10N2O3S. The molecule has 0 saturated carbocycles. The summed E-state index contributed by atoms with van der Waals surface area (Å²) in [6.07, 6.45) is 0. The fourth-order valence-corrected chi connectivity index (χ4v) is 2.89. The van der Waals surface area contributed by atoms with Crippen molar-refractivity contribution in [3.8, 4) is 11.5 Å². The molecule has 0 atom stereocenters. The van der Waals surface area contributed by atoms with Crippen LogP contribution in [0.2, 0.25) is 0 Å². The predicted octanol–water partition coefficient (Wildman–Crippen LogP) is 5.29. The number of non-ortho nitro benzene ring substituents is 1. The molecule has 116 valence electrons. The van der Waals surface area contributed by atoms with Crippen molar-refractivity contribution in [2.75, 3.05) is 0 Å². The van der Waals surface area contributed by atoms with E-state index in [9.17, 15) is 10.1 Å². The van der Waals surface area contributed by atoms with Crippen molar-refractivity contribution < 1.29 is 9.34 Å². The number of nitrogens with zero attached hydrogens (tertiary/aromatic N) is 2. The highest BCUT2D eigenvalue weighted by molar-refractivity contribution is 7.71. The normalized spacial score (nSPS) is 11.0. The highest BCUT2D eigenvalue weighted by atomic mass is 32.1. The summed E-state index contributed by atoms with van der Waals surface area (Å²) in [5.74, 6) is 0.346. The number of hydrogen-bond donors (Lipinski definition) is 0. The van der Waals surface area contributed by atoms with Gasteiger partial charge in [0, 0.05) is 23.1 Å². The lowest BCUT2D eigenvalue weighted by atomic mass is 10.1. The number of fused-ring (bicyclic) bond motifs is 3. The molecule has 0 bridgehead atoms. The van der Waals surface area contributed by atoms with Crippen molar-refractivity contribution in [3.63, 3.8) is 0 Å². The first kappa shape index (κ1) is 14.5. The van der Waals surface area contributed by atoms with Crippen LogP contribution in [0.15, 0.2) is 65.1 Å². The Kier molecular flexibility index (Phi) is 3.32. The van der Waals surface area contributed by atoms with Crippen LogP contribution in [-0.4, -0.2) is 9.91 Å². The Bertz CT molecular complexity index is 1150. The van der Waals surface area contributed by atoms with Gasteiger partial charge in [0.05, 0.1) is 10.3 Å². The van der Waals surface area contributed by atoms with Crippen molar-refractivity contribution in [2.24, 2.45) is 0 Å². The van der Waals surface area contributed by atoms with Gasteiger partial charge in [-0.25, -0.2) is 4.98 Å². The minimum absolute atomic E-state index is 0.0172. The third-order valence-electron chi connectivity index (χ3n) is 3.84. The predicted molar refractivity (Wildman–Crippen MR) is 94.4 cm³/mol. The van der Waals surface area contributed by atoms with Crippen LogP contribution in [0.4, 0.5) is 5.69 Å². The molecule has 1 heterocycles. The van der Waals surface area contributed by atoms with E-state index in [1.54, 1.807) is 12.1 Å². The first-order chi connectivity index (χ1) is 11.6. The second-order valence-corrected chi connectivity index (χ2v) is 5.68. The Morgan fingerprint density at radius 3 is 2.46 bits per heavy atom. The first-order valence-electron chi connectivity index (χ1n) is 7.21. The minimum Gasteiger partial charge on any atom is -0.437 e. The number of aromatic nitrogens is 1. The first-order valence-corrected chi connectivity index (χ1v) is 7.62. The Hall–Kier alpha value is -3.12. The summed E-state index contributed by atoms with van der Waals surface area (Å²) >= 11 is 5.39. The van der Waals surface area contributed by atoms with E-state index in [1.807, 2.05) is 36.4 Å². The topological polar surface area (TPSA) is 69.2 Å². The maximum Gasteiger partial charge on any atom is 0.269 e. The number of hydrogen-bond acceptors (Lipinski definition) is 5. The van der Waals surface area contributed by atoms with Gasteiger partial charge < -0.3 is 4.42 Å². The fraction of sp³-hybridized carbons (Fsp3) is 0. The second-order valence-electron chi connectivity index (χ2n) is 5.29. The lowest BCUT2D eigenvalue weighted by Crippen LogP contribution is -1.90. The van der Waals surface area contributed by atoms with Gasteiger partial charge in [-0.3, -0.25) is 10.1 Å². The van der Waals surface area contributed by atoms with Crippen LogP contribution in [0.1, 0.15) is 0 Å². The summed E-state index contributed by atoms with van der Waals surface area (Å²) in [5.41, 5.74) is 1.33. The summed E-state index contributed by atoms with van der Waals surface area (Å²) in [5, 5.41) is 13.5. The molecule has 3 aromatic carbocycles. The highest BCUT2D eigenvalue weighted by Gasteiger charge is 2.11. The molecule has 0 radical (unpaired) electrons. The summed E-state index contributed by atoms with van der Waals surface area (Å²) in [7, 11) is 0. The molecule has 0 aliphatic heterocycles.